The highest BCUT2D eigenvalue weighted by molar-refractivity contribution is 14.1. The van der Waals surface area contributed by atoms with Crippen LogP contribution in [0.4, 0.5) is 39.0 Å². The van der Waals surface area contributed by atoms with Gasteiger partial charge in [-0.1, -0.05) is 17.7 Å². The molecule has 4 nitrogen and oxygen atoms in total. The fourth-order valence-corrected chi connectivity index (χ4v) is 4.56. The maximum Gasteiger partial charge on any atom is 0.255 e. The molecule has 0 saturated carbocycles. The van der Waals surface area contributed by atoms with Crippen molar-refractivity contribution < 1.29 is 26.7 Å². The second-order valence-corrected chi connectivity index (χ2v) is 9.18. The summed E-state index contributed by atoms with van der Waals surface area (Å²) in [7, 11) is 0. The summed E-state index contributed by atoms with van der Waals surface area (Å²) < 4.78 is 69.6. The maximum atomic E-state index is 14.1. The number of anilines is 3. The first kappa shape index (κ1) is 24.5. The predicted octanol–water partition coefficient (Wildman–Crippen LogP) is 6.22. The highest BCUT2D eigenvalue weighted by Crippen LogP contribution is 2.33. The van der Waals surface area contributed by atoms with E-state index in [0.29, 0.717) is 22.0 Å². The molecular weight excluding hydrogens is 592 g/mol. The Balaban J connectivity index is 1.46. The van der Waals surface area contributed by atoms with Crippen LogP contribution in [-0.2, 0) is 0 Å². The number of nitrogens with one attached hydrogen (secondary N) is 1. The van der Waals surface area contributed by atoms with Crippen molar-refractivity contribution in [3.05, 3.63) is 85.7 Å². The number of carbonyl (C=O) groups excluding carboxylic acids is 1. The summed E-state index contributed by atoms with van der Waals surface area (Å²) in [4.78, 5) is 15.4. The van der Waals surface area contributed by atoms with Crippen LogP contribution in [0.25, 0.3) is 0 Å². The van der Waals surface area contributed by atoms with Gasteiger partial charge in [0.1, 0.15) is 5.69 Å². The van der Waals surface area contributed by atoms with Crippen LogP contribution in [0.5, 0.6) is 0 Å². The zero-order chi connectivity index (χ0) is 24.6. The molecule has 0 bridgehead atoms. The molecular formula is C23H16ClF5IN3O. The number of benzene rings is 3. The van der Waals surface area contributed by atoms with Crippen molar-refractivity contribution in [1.29, 1.82) is 0 Å². The number of hydrogen-bond donors (Lipinski definition) is 1. The van der Waals surface area contributed by atoms with Gasteiger partial charge in [0.2, 0.25) is 5.82 Å². The summed E-state index contributed by atoms with van der Waals surface area (Å²) in [6.07, 6.45) is 0. The standard InChI is InChI=1S/C23H16ClF5IN3O/c24-15-11-14(31-23(34)12-2-1-3-13(30)10-12)4-5-16(15)32-6-8-33(9-7-32)22-20(28)18(26)17(25)19(27)21(22)29/h1-5,10-11H,6-9H2,(H,31,34). The Labute approximate surface area is 210 Å². The van der Waals surface area contributed by atoms with Gasteiger partial charge in [-0.15, -0.1) is 0 Å². The molecule has 3 aromatic rings. The summed E-state index contributed by atoms with van der Waals surface area (Å²) in [5.74, 6) is -10.1. The van der Waals surface area contributed by atoms with Gasteiger partial charge in [0.05, 0.1) is 10.7 Å². The van der Waals surface area contributed by atoms with Crippen LogP contribution in [0.1, 0.15) is 10.4 Å². The molecule has 1 fully saturated rings. The van der Waals surface area contributed by atoms with Crippen LogP contribution in [0, 0.1) is 32.7 Å². The van der Waals surface area contributed by atoms with Crippen molar-refractivity contribution >= 4 is 57.2 Å². The van der Waals surface area contributed by atoms with Gasteiger partial charge in [-0.2, -0.15) is 0 Å². The first-order chi connectivity index (χ1) is 16.2. The van der Waals surface area contributed by atoms with E-state index in [1.54, 1.807) is 36.4 Å². The van der Waals surface area contributed by atoms with Gasteiger partial charge >= 0.3 is 0 Å². The van der Waals surface area contributed by atoms with Gasteiger partial charge < -0.3 is 15.1 Å². The molecule has 0 radical (unpaired) electrons. The fourth-order valence-electron chi connectivity index (χ4n) is 3.72. The molecule has 178 valence electrons. The first-order valence-corrected chi connectivity index (χ1v) is 11.5. The third-order valence-electron chi connectivity index (χ3n) is 5.42. The molecule has 1 N–H and O–H groups in total. The van der Waals surface area contributed by atoms with Gasteiger partial charge in [0.15, 0.2) is 23.3 Å². The van der Waals surface area contributed by atoms with Gasteiger partial charge in [0.25, 0.3) is 5.91 Å². The van der Waals surface area contributed by atoms with Crippen molar-refractivity contribution in [2.75, 3.05) is 41.3 Å². The smallest absolute Gasteiger partial charge is 0.255 e. The van der Waals surface area contributed by atoms with Crippen molar-refractivity contribution in [2.24, 2.45) is 0 Å². The molecule has 3 aromatic carbocycles. The molecule has 1 aliphatic rings. The number of piperazine rings is 1. The van der Waals surface area contributed by atoms with Gasteiger partial charge in [-0.3, -0.25) is 4.79 Å². The quantitative estimate of drug-likeness (QED) is 0.166. The van der Waals surface area contributed by atoms with E-state index in [0.717, 1.165) is 8.47 Å². The Hall–Kier alpha value is -2.60. The number of rotatable bonds is 4. The van der Waals surface area contributed by atoms with E-state index in [9.17, 15) is 26.7 Å². The van der Waals surface area contributed by atoms with Crippen LogP contribution >= 0.6 is 34.2 Å². The third kappa shape index (κ3) is 4.78. The van der Waals surface area contributed by atoms with E-state index < -0.39 is 34.8 Å². The average Bonchev–Trinajstić information content (AvgIpc) is 2.82. The van der Waals surface area contributed by atoms with E-state index in [1.165, 1.54) is 0 Å². The summed E-state index contributed by atoms with van der Waals surface area (Å²) in [6, 6.07) is 12.0. The molecule has 1 amide bonds. The number of carbonyl (C=O) groups is 1. The lowest BCUT2D eigenvalue weighted by molar-refractivity contribution is 0.102. The van der Waals surface area contributed by atoms with Crippen LogP contribution in [0.3, 0.4) is 0 Å². The SMILES string of the molecule is O=C(Nc1ccc(N2CCN(c3c(F)c(F)c(F)c(F)c3F)CC2)c(Cl)c1)c1cccc(I)c1. The molecule has 34 heavy (non-hydrogen) atoms. The molecule has 11 heteroatoms. The van der Waals surface area contributed by atoms with Gasteiger partial charge in [-0.05, 0) is 59.0 Å². The van der Waals surface area contributed by atoms with Gasteiger partial charge in [0, 0.05) is 41.0 Å². The lowest BCUT2D eigenvalue weighted by Crippen LogP contribution is -2.47. The van der Waals surface area contributed by atoms with E-state index >= 15 is 0 Å². The lowest BCUT2D eigenvalue weighted by atomic mass is 10.1. The monoisotopic (exact) mass is 607 g/mol. The zero-order valence-corrected chi connectivity index (χ0v) is 20.2. The third-order valence-corrected chi connectivity index (χ3v) is 6.39. The van der Waals surface area contributed by atoms with Crippen LogP contribution < -0.4 is 15.1 Å². The molecule has 1 heterocycles. The normalized spacial score (nSPS) is 13.9. The molecule has 4 rings (SSSR count). The van der Waals surface area contributed by atoms with E-state index in [2.05, 4.69) is 27.9 Å². The Kier molecular flexibility index (Phi) is 7.17. The van der Waals surface area contributed by atoms with Crippen LogP contribution in [0.2, 0.25) is 5.02 Å². The Morgan fingerprint density at radius 3 is 2.00 bits per heavy atom. The highest BCUT2D eigenvalue weighted by atomic mass is 127. The predicted molar refractivity (Wildman–Crippen MR) is 129 cm³/mol. The van der Waals surface area contributed by atoms with Crippen molar-refractivity contribution in [3.63, 3.8) is 0 Å². The number of nitrogens with zero attached hydrogens (tertiary/aromatic N) is 2. The van der Waals surface area contributed by atoms with Crippen molar-refractivity contribution in [1.82, 2.24) is 0 Å². The second-order valence-electron chi connectivity index (χ2n) is 7.52. The van der Waals surface area contributed by atoms with E-state index in [1.807, 2.05) is 11.0 Å². The minimum absolute atomic E-state index is 0.0137. The number of halogens is 7. The number of hydrogen-bond acceptors (Lipinski definition) is 3. The largest absolute Gasteiger partial charge is 0.367 e. The van der Waals surface area contributed by atoms with Crippen LogP contribution in [-0.4, -0.2) is 32.1 Å². The van der Waals surface area contributed by atoms with Crippen molar-refractivity contribution in [3.8, 4) is 0 Å². The molecule has 1 saturated heterocycles. The Morgan fingerprint density at radius 1 is 0.824 bits per heavy atom. The summed E-state index contributed by atoms with van der Waals surface area (Å²) in [6.45, 7) is 0.486. The topological polar surface area (TPSA) is 35.6 Å². The first-order valence-electron chi connectivity index (χ1n) is 10.0. The molecule has 0 aromatic heterocycles. The molecule has 0 spiro atoms. The summed E-state index contributed by atoms with van der Waals surface area (Å²) in [5.41, 5.74) is 0.663. The maximum absolute atomic E-state index is 14.1. The van der Waals surface area contributed by atoms with E-state index in [-0.39, 0.29) is 32.1 Å². The van der Waals surface area contributed by atoms with Crippen molar-refractivity contribution in [2.45, 2.75) is 0 Å². The zero-order valence-electron chi connectivity index (χ0n) is 17.3. The Bertz CT molecular complexity index is 1240. The summed E-state index contributed by atoms with van der Waals surface area (Å²) in [5, 5.41) is 3.11. The lowest BCUT2D eigenvalue weighted by Gasteiger charge is -2.38. The highest BCUT2D eigenvalue weighted by Gasteiger charge is 2.31. The minimum atomic E-state index is -2.18. The van der Waals surface area contributed by atoms with Crippen LogP contribution in [0.15, 0.2) is 42.5 Å². The van der Waals surface area contributed by atoms with Gasteiger partial charge in [-0.25, -0.2) is 22.0 Å². The number of amides is 1. The molecule has 0 atom stereocenters. The Morgan fingerprint density at radius 2 is 1.41 bits per heavy atom. The molecule has 1 aliphatic heterocycles. The average molecular weight is 608 g/mol. The fraction of sp³-hybridized carbons (Fsp3) is 0.174. The molecule has 0 unspecified atom stereocenters. The summed E-state index contributed by atoms with van der Waals surface area (Å²) >= 11 is 8.52. The van der Waals surface area contributed by atoms with E-state index in [4.69, 9.17) is 11.6 Å². The minimum Gasteiger partial charge on any atom is -0.367 e. The molecule has 0 aliphatic carbocycles. The second kappa shape index (κ2) is 9.95.